The average Bonchev–Trinajstić information content (AvgIpc) is 2.43. The van der Waals surface area contributed by atoms with Crippen molar-refractivity contribution in [2.45, 2.75) is 26.2 Å². The number of amides is 1. The molecule has 3 nitrogen and oxygen atoms in total. The summed E-state index contributed by atoms with van der Waals surface area (Å²) in [5.74, 6) is 0.224. The number of rotatable bonds is 2. The summed E-state index contributed by atoms with van der Waals surface area (Å²) in [5.41, 5.74) is 2.40. The topological polar surface area (TPSA) is 32.3 Å². The highest BCUT2D eigenvalue weighted by atomic mass is 16.2. The van der Waals surface area contributed by atoms with Crippen molar-refractivity contribution >= 4 is 5.91 Å². The number of carbonyl (C=O) groups excluding carboxylic acids is 1. The summed E-state index contributed by atoms with van der Waals surface area (Å²) in [6, 6.07) is 8.04. The number of hydrogen-bond acceptors (Lipinski definition) is 2. The van der Waals surface area contributed by atoms with Crippen molar-refractivity contribution in [3.05, 3.63) is 35.4 Å². The molecule has 19 heavy (non-hydrogen) atoms. The molecular weight excluding hydrogens is 236 g/mol. The van der Waals surface area contributed by atoms with Crippen LogP contribution in [0.3, 0.4) is 0 Å². The van der Waals surface area contributed by atoms with Crippen molar-refractivity contribution in [2.75, 3.05) is 26.2 Å². The Hall–Kier alpha value is -1.35. The highest BCUT2D eigenvalue weighted by Gasteiger charge is 2.33. The van der Waals surface area contributed by atoms with Gasteiger partial charge in [0.25, 0.3) is 5.91 Å². The second kappa shape index (κ2) is 4.97. The van der Waals surface area contributed by atoms with Crippen LogP contribution in [0, 0.1) is 5.41 Å². The maximum Gasteiger partial charge on any atom is 0.254 e. The van der Waals surface area contributed by atoms with Crippen LogP contribution in [0.1, 0.15) is 35.7 Å². The first-order valence-electron chi connectivity index (χ1n) is 7.26. The standard InChI is InChI=1S/C16H22N2O/c1-16(7-9-17-10-8-16)12-18-11-6-13-4-2-3-5-14(13)15(18)19/h2-5,17H,6-12H2,1H3. The van der Waals surface area contributed by atoms with Gasteiger partial charge < -0.3 is 10.2 Å². The Kier molecular flexibility index (Phi) is 3.31. The minimum absolute atomic E-state index is 0.224. The maximum atomic E-state index is 12.5. The van der Waals surface area contributed by atoms with Crippen LogP contribution >= 0.6 is 0 Å². The number of carbonyl (C=O) groups is 1. The van der Waals surface area contributed by atoms with E-state index in [1.807, 2.05) is 18.2 Å². The number of nitrogens with one attached hydrogen (secondary N) is 1. The van der Waals surface area contributed by atoms with E-state index in [1.165, 1.54) is 18.4 Å². The summed E-state index contributed by atoms with van der Waals surface area (Å²) < 4.78 is 0. The molecule has 2 aliphatic rings. The molecule has 1 saturated heterocycles. The number of benzene rings is 1. The van der Waals surface area contributed by atoms with Gasteiger partial charge in [0.1, 0.15) is 0 Å². The van der Waals surface area contributed by atoms with Crippen LogP contribution in [-0.4, -0.2) is 37.0 Å². The third-order valence-corrected chi connectivity index (χ3v) is 4.57. The molecule has 0 spiro atoms. The first kappa shape index (κ1) is 12.7. The monoisotopic (exact) mass is 258 g/mol. The second-order valence-corrected chi connectivity index (χ2v) is 6.19. The van der Waals surface area contributed by atoms with Gasteiger partial charge in [0.05, 0.1) is 0 Å². The van der Waals surface area contributed by atoms with Gasteiger partial charge in [-0.25, -0.2) is 0 Å². The first-order valence-corrected chi connectivity index (χ1v) is 7.26. The molecule has 0 saturated carbocycles. The van der Waals surface area contributed by atoms with Gasteiger partial charge in [0.2, 0.25) is 0 Å². The molecule has 1 fully saturated rings. The molecule has 0 aromatic heterocycles. The van der Waals surface area contributed by atoms with Crippen molar-refractivity contribution in [2.24, 2.45) is 5.41 Å². The molecule has 0 bridgehead atoms. The molecule has 2 heterocycles. The van der Waals surface area contributed by atoms with E-state index in [4.69, 9.17) is 0 Å². The average molecular weight is 258 g/mol. The van der Waals surface area contributed by atoms with Crippen LogP contribution in [0.4, 0.5) is 0 Å². The van der Waals surface area contributed by atoms with Gasteiger partial charge >= 0.3 is 0 Å². The highest BCUT2D eigenvalue weighted by molar-refractivity contribution is 5.96. The Bertz CT molecular complexity index is 477. The van der Waals surface area contributed by atoms with Gasteiger partial charge in [-0.2, -0.15) is 0 Å². The van der Waals surface area contributed by atoms with Gasteiger partial charge in [0, 0.05) is 18.7 Å². The maximum absolute atomic E-state index is 12.5. The summed E-state index contributed by atoms with van der Waals surface area (Å²) >= 11 is 0. The SMILES string of the molecule is CC1(CN2CCc3ccccc3C2=O)CCNCC1. The molecule has 0 radical (unpaired) electrons. The molecule has 2 aliphatic heterocycles. The first-order chi connectivity index (χ1) is 9.18. The lowest BCUT2D eigenvalue weighted by Gasteiger charge is -2.40. The van der Waals surface area contributed by atoms with E-state index in [0.717, 1.165) is 38.2 Å². The molecule has 1 aromatic rings. The van der Waals surface area contributed by atoms with Gasteiger partial charge in [0.15, 0.2) is 0 Å². The van der Waals surface area contributed by atoms with Crippen molar-refractivity contribution < 1.29 is 4.79 Å². The Morgan fingerprint density at radius 3 is 2.79 bits per heavy atom. The molecule has 1 aromatic carbocycles. The lowest BCUT2D eigenvalue weighted by Crippen LogP contribution is -2.47. The Labute approximate surface area is 115 Å². The Balaban J connectivity index is 1.75. The summed E-state index contributed by atoms with van der Waals surface area (Å²) in [5, 5.41) is 3.40. The van der Waals surface area contributed by atoms with Crippen LogP contribution in [0.25, 0.3) is 0 Å². The molecule has 3 heteroatoms. The summed E-state index contributed by atoms with van der Waals surface area (Å²) in [7, 11) is 0. The molecular formula is C16H22N2O. The third kappa shape index (κ3) is 2.52. The van der Waals surface area contributed by atoms with E-state index in [2.05, 4.69) is 23.2 Å². The van der Waals surface area contributed by atoms with Crippen molar-refractivity contribution in [1.29, 1.82) is 0 Å². The third-order valence-electron chi connectivity index (χ3n) is 4.57. The molecule has 102 valence electrons. The normalized spacial score (nSPS) is 22.2. The van der Waals surface area contributed by atoms with Crippen LogP contribution in [0.5, 0.6) is 0 Å². The highest BCUT2D eigenvalue weighted by Crippen LogP contribution is 2.31. The van der Waals surface area contributed by atoms with E-state index in [-0.39, 0.29) is 11.3 Å². The van der Waals surface area contributed by atoms with Gasteiger partial charge in [-0.1, -0.05) is 25.1 Å². The number of piperidine rings is 1. The molecule has 0 unspecified atom stereocenters. The van der Waals surface area contributed by atoms with Crippen LogP contribution < -0.4 is 5.32 Å². The smallest absolute Gasteiger partial charge is 0.254 e. The summed E-state index contributed by atoms with van der Waals surface area (Å²) in [6.07, 6.45) is 3.33. The predicted octanol–water partition coefficient (Wildman–Crippen LogP) is 2.07. The fourth-order valence-electron chi connectivity index (χ4n) is 3.27. The molecule has 1 N–H and O–H groups in total. The van der Waals surface area contributed by atoms with Gasteiger partial charge in [-0.15, -0.1) is 0 Å². The minimum Gasteiger partial charge on any atom is -0.338 e. The molecule has 0 atom stereocenters. The van der Waals surface area contributed by atoms with Crippen LogP contribution in [0.2, 0.25) is 0 Å². The Morgan fingerprint density at radius 2 is 2.00 bits per heavy atom. The molecule has 0 aliphatic carbocycles. The largest absolute Gasteiger partial charge is 0.338 e. The van der Waals surface area contributed by atoms with Crippen molar-refractivity contribution in [1.82, 2.24) is 10.2 Å². The summed E-state index contributed by atoms with van der Waals surface area (Å²) in [4.78, 5) is 14.6. The van der Waals surface area contributed by atoms with Crippen molar-refractivity contribution in [3.8, 4) is 0 Å². The van der Waals surface area contributed by atoms with E-state index in [9.17, 15) is 4.79 Å². The quantitative estimate of drug-likeness (QED) is 0.881. The minimum atomic E-state index is 0.224. The lowest BCUT2D eigenvalue weighted by molar-refractivity contribution is 0.0612. The second-order valence-electron chi connectivity index (χ2n) is 6.19. The number of hydrogen-bond donors (Lipinski definition) is 1. The zero-order valence-electron chi connectivity index (χ0n) is 11.6. The van der Waals surface area contributed by atoms with E-state index in [0.29, 0.717) is 0 Å². The number of fused-ring (bicyclic) bond motifs is 1. The van der Waals surface area contributed by atoms with Gasteiger partial charge in [-0.3, -0.25) is 4.79 Å². The molecule has 3 rings (SSSR count). The zero-order chi connectivity index (χ0) is 13.3. The van der Waals surface area contributed by atoms with Crippen molar-refractivity contribution in [3.63, 3.8) is 0 Å². The number of nitrogens with zero attached hydrogens (tertiary/aromatic N) is 1. The van der Waals surface area contributed by atoms with E-state index in [1.54, 1.807) is 0 Å². The lowest BCUT2D eigenvalue weighted by atomic mass is 9.80. The van der Waals surface area contributed by atoms with E-state index >= 15 is 0 Å². The predicted molar refractivity (Wildman–Crippen MR) is 76.3 cm³/mol. The van der Waals surface area contributed by atoms with Crippen LogP contribution in [0.15, 0.2) is 24.3 Å². The fourth-order valence-corrected chi connectivity index (χ4v) is 3.27. The van der Waals surface area contributed by atoms with Gasteiger partial charge in [-0.05, 0) is 49.4 Å². The van der Waals surface area contributed by atoms with E-state index < -0.39 is 0 Å². The molecule has 1 amide bonds. The Morgan fingerprint density at radius 1 is 1.26 bits per heavy atom. The zero-order valence-corrected chi connectivity index (χ0v) is 11.6. The summed E-state index contributed by atoms with van der Waals surface area (Å²) in [6.45, 7) is 6.26. The van der Waals surface area contributed by atoms with Crippen LogP contribution in [-0.2, 0) is 6.42 Å². The fraction of sp³-hybridized carbons (Fsp3) is 0.562.